The molecule has 49 heavy (non-hydrogen) atoms. The van der Waals surface area contributed by atoms with Gasteiger partial charge < -0.3 is 24.6 Å². The summed E-state index contributed by atoms with van der Waals surface area (Å²) in [5, 5.41) is 15.3. The van der Waals surface area contributed by atoms with Crippen molar-refractivity contribution in [2.24, 2.45) is 5.92 Å². The second kappa shape index (κ2) is 13.5. The first-order valence-electron chi connectivity index (χ1n) is 15.6. The fourth-order valence-electron chi connectivity index (χ4n) is 6.18. The lowest BCUT2D eigenvalue weighted by Gasteiger charge is -2.37. The molecule has 0 saturated carbocycles. The van der Waals surface area contributed by atoms with Crippen molar-refractivity contribution in [1.29, 1.82) is 0 Å². The van der Waals surface area contributed by atoms with E-state index in [1.165, 1.54) is 24.5 Å². The highest BCUT2D eigenvalue weighted by Gasteiger charge is 2.64. The smallest absolute Gasteiger partial charge is 0.497 e. The number of methoxy groups -OCH3 is 1. The maximum atomic E-state index is 16.3. The number of anilines is 1. The number of ether oxygens (including phenoxy) is 3. The molecule has 2 N–H and O–H groups in total. The third kappa shape index (κ3) is 6.00. The van der Waals surface area contributed by atoms with E-state index in [2.05, 4.69) is 16.2 Å². The van der Waals surface area contributed by atoms with Gasteiger partial charge in [0.1, 0.15) is 11.3 Å². The predicted octanol–water partition coefficient (Wildman–Crippen LogP) is 6.22. The van der Waals surface area contributed by atoms with E-state index >= 15 is 4.39 Å². The summed E-state index contributed by atoms with van der Waals surface area (Å²) in [6.07, 6.45) is 5.67. The van der Waals surface area contributed by atoms with Crippen LogP contribution in [-0.2, 0) is 19.4 Å². The van der Waals surface area contributed by atoms with Gasteiger partial charge in [-0.25, -0.2) is 9.37 Å². The zero-order valence-corrected chi connectivity index (χ0v) is 28.3. The van der Waals surface area contributed by atoms with E-state index < -0.39 is 43.8 Å². The number of nitrogens with one attached hydrogen (secondary N) is 1. The van der Waals surface area contributed by atoms with Crippen molar-refractivity contribution in [3.8, 4) is 24.0 Å². The number of nitrogens with zero attached hydrogens (tertiary/aromatic N) is 4. The molecule has 0 aliphatic carbocycles. The van der Waals surface area contributed by atoms with Gasteiger partial charge in [-0.15, -0.1) is 10.9 Å². The van der Waals surface area contributed by atoms with Crippen LogP contribution in [0.4, 0.5) is 10.3 Å². The molecule has 5 aromatic rings. The Bertz CT molecular complexity index is 1950. The van der Waals surface area contributed by atoms with Gasteiger partial charge in [0, 0.05) is 0 Å². The van der Waals surface area contributed by atoms with Crippen LogP contribution in [0.15, 0.2) is 91.3 Å². The molecule has 3 heterocycles. The lowest BCUT2D eigenvalue weighted by Crippen LogP contribution is -2.43. The minimum absolute atomic E-state index is 0.134. The van der Waals surface area contributed by atoms with E-state index in [9.17, 15) is 9.67 Å². The van der Waals surface area contributed by atoms with E-state index in [1.54, 1.807) is 7.11 Å². The third-order valence-electron chi connectivity index (χ3n) is 8.82. The molecule has 1 unspecified atom stereocenters. The molecule has 13 heteroatoms. The quantitative estimate of drug-likeness (QED) is 0.0888. The normalized spacial score (nSPS) is 22.4. The van der Waals surface area contributed by atoms with E-state index in [0.717, 1.165) is 16.7 Å². The van der Waals surface area contributed by atoms with E-state index in [4.69, 9.17) is 35.1 Å². The topological polar surface area (TPSA) is 130 Å². The monoisotopic (exact) mass is 684 g/mol. The number of aliphatic hydroxyl groups is 1. The zero-order chi connectivity index (χ0) is 34.8. The van der Waals surface area contributed by atoms with Gasteiger partial charge >= 0.3 is 8.03 Å². The van der Waals surface area contributed by atoms with E-state index in [0.29, 0.717) is 5.75 Å². The highest BCUT2D eigenvalue weighted by Crippen LogP contribution is 2.51. The van der Waals surface area contributed by atoms with Crippen LogP contribution < -0.4 is 14.8 Å². The maximum Gasteiger partial charge on any atom is 0.505 e. The molecule has 1 aliphatic rings. The molecule has 0 radical (unpaired) electrons. The van der Waals surface area contributed by atoms with Crippen LogP contribution in [-0.4, -0.2) is 63.1 Å². The Morgan fingerprint density at radius 3 is 2.22 bits per heavy atom. The highest BCUT2D eigenvalue weighted by molar-refractivity contribution is 7.38. The van der Waals surface area contributed by atoms with Crippen molar-refractivity contribution >= 4 is 25.1 Å². The van der Waals surface area contributed by atoms with Crippen molar-refractivity contribution in [2.75, 3.05) is 32.3 Å². The summed E-state index contributed by atoms with van der Waals surface area (Å²) >= 11 is 0. The molecule has 0 spiro atoms. The van der Waals surface area contributed by atoms with E-state index in [-0.39, 0.29) is 29.6 Å². The van der Waals surface area contributed by atoms with Crippen molar-refractivity contribution in [3.63, 3.8) is 0 Å². The molecule has 11 nitrogen and oxygen atoms in total. The summed E-state index contributed by atoms with van der Waals surface area (Å²) in [5.41, 5.74) is -0.203. The van der Waals surface area contributed by atoms with Crippen LogP contribution in [0.3, 0.4) is 0 Å². The van der Waals surface area contributed by atoms with Gasteiger partial charge in [0.15, 0.2) is 36.3 Å². The van der Waals surface area contributed by atoms with Crippen LogP contribution in [0, 0.1) is 18.3 Å². The summed E-state index contributed by atoms with van der Waals surface area (Å²) in [5.74, 6) is -0.584. The highest BCUT2D eigenvalue weighted by atomic mass is 31.1. The average Bonchev–Trinajstić information content (AvgIpc) is 3.64. The Kier molecular flexibility index (Phi) is 9.38. The van der Waals surface area contributed by atoms with Gasteiger partial charge in [0.25, 0.3) is 0 Å². The van der Waals surface area contributed by atoms with Gasteiger partial charge in [-0.1, -0.05) is 85.6 Å². The first kappa shape index (κ1) is 34.0. The number of imidazole rings is 1. The minimum Gasteiger partial charge on any atom is -0.497 e. The van der Waals surface area contributed by atoms with Crippen LogP contribution >= 0.6 is 8.03 Å². The fourth-order valence-corrected chi connectivity index (χ4v) is 6.54. The maximum absolute atomic E-state index is 16.3. The lowest BCUT2D eigenvalue weighted by molar-refractivity contribution is -0.186. The molecule has 6 rings (SSSR count). The molecule has 0 amide bonds. The Morgan fingerprint density at radius 1 is 1.06 bits per heavy atom. The molecular formula is C36H36FN5O6P+. The summed E-state index contributed by atoms with van der Waals surface area (Å²) < 4.78 is 51.6. The predicted molar refractivity (Wildman–Crippen MR) is 182 cm³/mol. The number of halogens is 1. The van der Waals surface area contributed by atoms with E-state index in [1.807, 2.05) is 91.9 Å². The fraction of sp³-hybridized carbons (Fsp3) is 0.306. The molecular weight excluding hydrogens is 648 g/mol. The molecule has 252 valence electrons. The second-order valence-corrected chi connectivity index (χ2v) is 12.7. The number of alkyl halides is 1. The summed E-state index contributed by atoms with van der Waals surface area (Å²) in [6.45, 7) is 4.05. The van der Waals surface area contributed by atoms with Crippen LogP contribution in [0.2, 0.25) is 0 Å². The number of hydrogen-bond acceptors (Lipinski definition) is 10. The van der Waals surface area contributed by atoms with Gasteiger partial charge in [-0.05, 0) is 40.3 Å². The largest absolute Gasteiger partial charge is 0.505 e. The standard InChI is InChI=1S/C36H36FN5O6P/c1-6-34(43)24(3)35(37,22-47-49(5)44)48-32(34)42-23-38-29-30(42)39-33(40-31(29)46-7-2)41-36(25-14-10-8-11-15-25,26-16-12-9-13-17-26)27-18-20-28(45-4)21-19-27/h1,8-21,23-24,32,43H,7,22H2,2-5H3,(H,39,40,41)/q+1/t24-,32+,34+,35+/m0/s1. The SMILES string of the molecule is C#C[C@]1(O)[C@H](n2cnc3c(OCC)nc(NC(c4ccccc4)(c4ccccc4)c4ccc(OC)cc4)nc32)O[C@](F)(CO[P+](C)=O)[C@H]1C. The van der Waals surface area contributed by atoms with Crippen molar-refractivity contribution in [1.82, 2.24) is 19.5 Å². The van der Waals surface area contributed by atoms with Gasteiger partial charge in [-0.2, -0.15) is 9.97 Å². The number of rotatable bonds is 12. The lowest BCUT2D eigenvalue weighted by atomic mass is 9.77. The number of terminal acetylenes is 1. The molecule has 0 bridgehead atoms. The molecule has 1 saturated heterocycles. The van der Waals surface area contributed by atoms with Gasteiger partial charge in [0.2, 0.25) is 17.7 Å². The Hall–Kier alpha value is -4.92. The van der Waals surface area contributed by atoms with Crippen molar-refractivity contribution in [3.05, 3.63) is 108 Å². The Morgan fingerprint density at radius 2 is 1.67 bits per heavy atom. The van der Waals surface area contributed by atoms with Crippen molar-refractivity contribution in [2.45, 2.75) is 37.1 Å². The average molecular weight is 685 g/mol. The van der Waals surface area contributed by atoms with Crippen molar-refractivity contribution < 1.29 is 32.8 Å². The number of aromatic nitrogens is 4. The zero-order valence-electron chi connectivity index (χ0n) is 27.4. The molecule has 3 aromatic carbocycles. The molecule has 5 atom stereocenters. The first-order valence-corrected chi connectivity index (χ1v) is 17.2. The Balaban J connectivity index is 1.55. The van der Waals surface area contributed by atoms with Gasteiger partial charge in [0.05, 0.1) is 26.0 Å². The minimum atomic E-state index is -2.58. The summed E-state index contributed by atoms with van der Waals surface area (Å²) in [7, 11) is -0.544. The van der Waals surface area contributed by atoms with Crippen LogP contribution in [0.5, 0.6) is 11.6 Å². The summed E-state index contributed by atoms with van der Waals surface area (Å²) in [6, 6.07) is 27.4. The number of benzene rings is 3. The number of fused-ring (bicyclic) bond motifs is 1. The Labute approximate surface area is 284 Å². The third-order valence-corrected chi connectivity index (χ3v) is 9.32. The molecule has 1 fully saturated rings. The second-order valence-electron chi connectivity index (χ2n) is 11.6. The van der Waals surface area contributed by atoms with Gasteiger partial charge in [-0.3, -0.25) is 4.57 Å². The molecule has 2 aromatic heterocycles. The van der Waals surface area contributed by atoms with Crippen LogP contribution in [0.25, 0.3) is 11.2 Å². The summed E-state index contributed by atoms with van der Waals surface area (Å²) in [4.78, 5) is 14.1. The first-order chi connectivity index (χ1) is 23.6. The molecule has 1 aliphatic heterocycles. The number of hydrogen-bond donors (Lipinski definition) is 2. The van der Waals surface area contributed by atoms with Crippen LogP contribution in [0.1, 0.15) is 36.8 Å².